The summed E-state index contributed by atoms with van der Waals surface area (Å²) in [6.07, 6.45) is 1.02. The Morgan fingerprint density at radius 1 is 0.783 bits per heavy atom. The fourth-order valence-electron chi connectivity index (χ4n) is 2.45. The van der Waals surface area contributed by atoms with E-state index in [0.29, 0.717) is 11.8 Å². The second kappa shape index (κ2) is 5.99. The molecule has 0 aliphatic rings. The number of nitrogens with zero attached hydrogens (tertiary/aromatic N) is 2. The second-order valence-corrected chi connectivity index (χ2v) is 6.79. The minimum atomic E-state index is 0.138. The third kappa shape index (κ3) is 3.34. The highest BCUT2D eigenvalue weighted by molar-refractivity contribution is 5.58. The first-order valence-corrected chi connectivity index (χ1v) is 8.01. The van der Waals surface area contributed by atoms with Crippen molar-refractivity contribution in [2.75, 3.05) is 0 Å². The topological polar surface area (TPSA) is 38.9 Å². The van der Waals surface area contributed by atoms with Crippen LogP contribution in [0.25, 0.3) is 22.9 Å². The van der Waals surface area contributed by atoms with Gasteiger partial charge in [0, 0.05) is 11.1 Å². The summed E-state index contributed by atoms with van der Waals surface area (Å²) in [5.41, 5.74) is 4.62. The molecule has 1 heterocycles. The first kappa shape index (κ1) is 15.5. The molecule has 0 amide bonds. The molecule has 0 radical (unpaired) electrons. The molecule has 118 valence electrons. The number of hydrogen-bond acceptors (Lipinski definition) is 3. The lowest BCUT2D eigenvalue weighted by molar-refractivity contribution is 0.582. The molecule has 0 saturated carbocycles. The molecule has 23 heavy (non-hydrogen) atoms. The van der Waals surface area contributed by atoms with Gasteiger partial charge >= 0.3 is 0 Å². The zero-order chi connectivity index (χ0) is 16.4. The summed E-state index contributed by atoms with van der Waals surface area (Å²) in [7, 11) is 0. The number of hydrogen-bond donors (Lipinski definition) is 0. The Morgan fingerprint density at radius 2 is 1.26 bits per heavy atom. The van der Waals surface area contributed by atoms with Gasteiger partial charge in [-0.3, -0.25) is 0 Å². The van der Waals surface area contributed by atoms with Crippen LogP contribution in [-0.2, 0) is 11.8 Å². The van der Waals surface area contributed by atoms with Crippen molar-refractivity contribution in [2.24, 2.45) is 0 Å². The zero-order valence-electron chi connectivity index (χ0n) is 14.1. The van der Waals surface area contributed by atoms with Gasteiger partial charge in [0.05, 0.1) is 0 Å². The summed E-state index contributed by atoms with van der Waals surface area (Å²) >= 11 is 0. The molecule has 3 aromatic rings. The SMILES string of the molecule is CCc1ccc(-c2nnc(-c3ccc(C(C)(C)C)cc3)o2)cc1. The maximum absolute atomic E-state index is 5.83. The Kier molecular flexibility index (Phi) is 4.03. The lowest BCUT2D eigenvalue weighted by atomic mass is 9.87. The van der Waals surface area contributed by atoms with Gasteiger partial charge in [-0.25, -0.2) is 0 Å². The Bertz CT molecular complexity index is 778. The van der Waals surface area contributed by atoms with Crippen molar-refractivity contribution in [1.82, 2.24) is 10.2 Å². The van der Waals surface area contributed by atoms with Crippen molar-refractivity contribution < 1.29 is 4.42 Å². The molecule has 0 unspecified atom stereocenters. The summed E-state index contributed by atoms with van der Waals surface area (Å²) in [5, 5.41) is 8.35. The maximum atomic E-state index is 5.83. The third-order valence-corrected chi connectivity index (χ3v) is 4.03. The summed E-state index contributed by atoms with van der Waals surface area (Å²) in [6.45, 7) is 8.74. The van der Waals surface area contributed by atoms with Gasteiger partial charge in [0.25, 0.3) is 0 Å². The summed E-state index contributed by atoms with van der Waals surface area (Å²) in [6, 6.07) is 16.6. The molecule has 2 aromatic carbocycles. The van der Waals surface area contributed by atoms with Crippen molar-refractivity contribution in [3.05, 3.63) is 59.7 Å². The minimum absolute atomic E-state index is 0.138. The Labute approximate surface area is 137 Å². The first-order chi connectivity index (χ1) is 11.0. The molecule has 3 rings (SSSR count). The first-order valence-electron chi connectivity index (χ1n) is 8.01. The van der Waals surface area contributed by atoms with Crippen LogP contribution in [0, 0.1) is 0 Å². The van der Waals surface area contributed by atoms with Crippen LogP contribution in [0.5, 0.6) is 0 Å². The van der Waals surface area contributed by atoms with Crippen LogP contribution in [0.1, 0.15) is 38.8 Å². The van der Waals surface area contributed by atoms with Crippen LogP contribution >= 0.6 is 0 Å². The largest absolute Gasteiger partial charge is 0.416 e. The van der Waals surface area contributed by atoms with Crippen molar-refractivity contribution >= 4 is 0 Å². The third-order valence-electron chi connectivity index (χ3n) is 4.03. The fraction of sp³-hybridized carbons (Fsp3) is 0.300. The number of benzene rings is 2. The molecule has 0 aliphatic carbocycles. The van der Waals surface area contributed by atoms with Crippen molar-refractivity contribution in [1.29, 1.82) is 0 Å². The average molecular weight is 306 g/mol. The van der Waals surface area contributed by atoms with Gasteiger partial charge in [0.1, 0.15) is 0 Å². The van der Waals surface area contributed by atoms with E-state index in [9.17, 15) is 0 Å². The van der Waals surface area contributed by atoms with E-state index in [1.54, 1.807) is 0 Å². The van der Waals surface area contributed by atoms with Crippen molar-refractivity contribution in [3.63, 3.8) is 0 Å². The summed E-state index contributed by atoms with van der Waals surface area (Å²) in [4.78, 5) is 0. The predicted molar refractivity (Wildman–Crippen MR) is 93.2 cm³/mol. The van der Waals surface area contributed by atoms with E-state index < -0.39 is 0 Å². The quantitative estimate of drug-likeness (QED) is 0.662. The van der Waals surface area contributed by atoms with Gasteiger partial charge < -0.3 is 4.42 Å². The molecule has 0 aliphatic heterocycles. The second-order valence-electron chi connectivity index (χ2n) is 6.79. The van der Waals surface area contributed by atoms with E-state index >= 15 is 0 Å². The van der Waals surface area contributed by atoms with E-state index in [1.807, 2.05) is 24.3 Å². The maximum Gasteiger partial charge on any atom is 0.248 e. The van der Waals surface area contributed by atoms with E-state index in [1.165, 1.54) is 11.1 Å². The van der Waals surface area contributed by atoms with Gasteiger partial charge in [-0.1, -0.05) is 52.0 Å². The monoisotopic (exact) mass is 306 g/mol. The van der Waals surface area contributed by atoms with E-state index in [0.717, 1.165) is 17.5 Å². The number of aromatic nitrogens is 2. The molecule has 3 heteroatoms. The Hall–Kier alpha value is -2.42. The predicted octanol–water partition coefficient (Wildman–Crippen LogP) is 5.26. The average Bonchev–Trinajstić information content (AvgIpc) is 3.04. The van der Waals surface area contributed by atoms with E-state index in [-0.39, 0.29) is 5.41 Å². The molecular weight excluding hydrogens is 284 g/mol. The molecule has 0 bridgehead atoms. The molecular formula is C20H22N2O. The van der Waals surface area contributed by atoms with Gasteiger partial charge in [-0.05, 0) is 47.2 Å². The van der Waals surface area contributed by atoms with Gasteiger partial charge in [0.15, 0.2) is 0 Å². The highest BCUT2D eigenvalue weighted by atomic mass is 16.4. The van der Waals surface area contributed by atoms with Crippen LogP contribution in [0.2, 0.25) is 0 Å². The van der Waals surface area contributed by atoms with Crippen LogP contribution in [0.4, 0.5) is 0 Å². The number of aryl methyl sites for hydroxylation is 1. The molecule has 0 atom stereocenters. The molecule has 1 aromatic heterocycles. The smallest absolute Gasteiger partial charge is 0.248 e. The van der Waals surface area contributed by atoms with Crippen molar-refractivity contribution in [2.45, 2.75) is 39.5 Å². The molecule has 0 fully saturated rings. The van der Waals surface area contributed by atoms with E-state index in [4.69, 9.17) is 4.42 Å². The standard InChI is InChI=1S/C20H22N2O/c1-5-14-6-8-15(9-7-14)18-21-22-19(23-18)16-10-12-17(13-11-16)20(2,3)4/h6-13H,5H2,1-4H3. The van der Waals surface area contributed by atoms with Crippen molar-refractivity contribution in [3.8, 4) is 22.9 Å². The van der Waals surface area contributed by atoms with Crippen LogP contribution in [-0.4, -0.2) is 10.2 Å². The highest BCUT2D eigenvalue weighted by Gasteiger charge is 2.15. The van der Waals surface area contributed by atoms with Gasteiger partial charge in [-0.15, -0.1) is 10.2 Å². The molecule has 0 saturated heterocycles. The summed E-state index contributed by atoms with van der Waals surface area (Å²) < 4.78 is 5.83. The Morgan fingerprint density at radius 3 is 1.70 bits per heavy atom. The lowest BCUT2D eigenvalue weighted by Gasteiger charge is -2.18. The molecule has 0 N–H and O–H groups in total. The fourth-order valence-corrected chi connectivity index (χ4v) is 2.45. The zero-order valence-corrected chi connectivity index (χ0v) is 14.1. The Balaban J connectivity index is 1.86. The van der Waals surface area contributed by atoms with Gasteiger partial charge in [0.2, 0.25) is 11.8 Å². The van der Waals surface area contributed by atoms with Crippen LogP contribution in [0.15, 0.2) is 52.9 Å². The lowest BCUT2D eigenvalue weighted by Crippen LogP contribution is -2.10. The van der Waals surface area contributed by atoms with E-state index in [2.05, 4.69) is 62.2 Å². The highest BCUT2D eigenvalue weighted by Crippen LogP contribution is 2.27. The molecule has 3 nitrogen and oxygen atoms in total. The summed E-state index contributed by atoms with van der Waals surface area (Å²) in [5.74, 6) is 1.11. The minimum Gasteiger partial charge on any atom is -0.416 e. The molecule has 0 spiro atoms. The normalized spacial score (nSPS) is 11.7. The van der Waals surface area contributed by atoms with Crippen LogP contribution in [0.3, 0.4) is 0 Å². The van der Waals surface area contributed by atoms with Crippen LogP contribution < -0.4 is 0 Å². The number of rotatable bonds is 3. The van der Waals surface area contributed by atoms with Gasteiger partial charge in [-0.2, -0.15) is 0 Å².